The molecule has 1 aromatic heterocycles. The van der Waals surface area contributed by atoms with Crippen LogP contribution < -0.4 is 5.32 Å². The molecular formula is C18H15F2N3O2. The van der Waals surface area contributed by atoms with Crippen LogP contribution in [0.5, 0.6) is 0 Å². The molecule has 0 aliphatic carbocycles. The number of hydrogen-bond acceptors (Lipinski definition) is 3. The fourth-order valence-electron chi connectivity index (χ4n) is 2.58. The van der Waals surface area contributed by atoms with E-state index in [2.05, 4.69) is 10.4 Å². The summed E-state index contributed by atoms with van der Waals surface area (Å²) in [6, 6.07) is 10.5. The molecule has 0 bridgehead atoms. The summed E-state index contributed by atoms with van der Waals surface area (Å²) in [5.74, 6) is -2.77. The molecule has 2 aromatic carbocycles. The van der Waals surface area contributed by atoms with Crippen molar-refractivity contribution in [1.29, 1.82) is 0 Å². The highest BCUT2D eigenvalue weighted by Gasteiger charge is 2.16. The van der Waals surface area contributed by atoms with Gasteiger partial charge in [0.25, 0.3) is 0 Å². The van der Waals surface area contributed by atoms with Crippen LogP contribution in [0, 0.1) is 11.6 Å². The highest BCUT2D eigenvalue weighted by molar-refractivity contribution is 6.07. The molecule has 1 heterocycles. The van der Waals surface area contributed by atoms with E-state index < -0.39 is 17.5 Å². The Hall–Kier alpha value is -3.09. The molecule has 0 saturated carbocycles. The summed E-state index contributed by atoms with van der Waals surface area (Å²) in [6.07, 6.45) is -0.145. The summed E-state index contributed by atoms with van der Waals surface area (Å²) < 4.78 is 27.6. The highest BCUT2D eigenvalue weighted by Crippen LogP contribution is 2.17. The first kappa shape index (κ1) is 16.8. The smallest absolute Gasteiger partial charge is 0.224 e. The summed E-state index contributed by atoms with van der Waals surface area (Å²) in [5, 5.41) is 7.39. The lowest BCUT2D eigenvalue weighted by molar-refractivity contribution is -0.120. The van der Waals surface area contributed by atoms with Gasteiger partial charge in [-0.1, -0.05) is 24.3 Å². The molecule has 0 aliphatic rings. The van der Waals surface area contributed by atoms with Crippen LogP contribution in [0.4, 0.5) is 8.78 Å². The normalized spacial score (nSPS) is 10.8. The minimum atomic E-state index is -1.01. The number of halogens is 2. The van der Waals surface area contributed by atoms with Crippen LogP contribution in [-0.4, -0.2) is 28.0 Å². The van der Waals surface area contributed by atoms with Crippen molar-refractivity contribution >= 4 is 22.6 Å². The van der Waals surface area contributed by atoms with Crippen LogP contribution in [0.3, 0.4) is 0 Å². The van der Waals surface area contributed by atoms with Crippen molar-refractivity contribution in [2.24, 2.45) is 7.05 Å². The Morgan fingerprint density at radius 3 is 2.64 bits per heavy atom. The molecule has 0 spiro atoms. The highest BCUT2D eigenvalue weighted by atomic mass is 19.2. The molecule has 5 nitrogen and oxygen atoms in total. The molecule has 7 heteroatoms. The summed E-state index contributed by atoms with van der Waals surface area (Å²) >= 11 is 0. The molecule has 1 N–H and O–H groups in total. The quantitative estimate of drug-likeness (QED) is 0.724. The monoisotopic (exact) mass is 343 g/mol. The van der Waals surface area contributed by atoms with E-state index in [1.807, 2.05) is 18.2 Å². The molecule has 3 rings (SSSR count). The predicted molar refractivity (Wildman–Crippen MR) is 88.1 cm³/mol. The number of benzene rings is 2. The molecule has 0 atom stereocenters. The number of para-hydroxylation sites is 1. The van der Waals surface area contributed by atoms with Gasteiger partial charge in [0.15, 0.2) is 11.6 Å². The van der Waals surface area contributed by atoms with Crippen LogP contribution in [0.15, 0.2) is 42.5 Å². The van der Waals surface area contributed by atoms with Crippen LogP contribution in [0.2, 0.25) is 0 Å². The first-order valence-electron chi connectivity index (χ1n) is 7.61. The number of carbonyl (C=O) groups excluding carboxylic acids is 2. The third kappa shape index (κ3) is 3.55. The molecular weight excluding hydrogens is 328 g/mol. The standard InChI is InChI=1S/C18H15F2N3O2/c1-23-15-5-3-2-4-12(15)18(22-23)16(24)10-21-17(25)9-11-6-7-13(19)14(20)8-11/h2-8H,9-10H2,1H3,(H,21,25). The van der Waals surface area contributed by atoms with Gasteiger partial charge in [-0.3, -0.25) is 14.3 Å². The first-order chi connectivity index (χ1) is 12.0. The molecule has 1 amide bonds. The maximum absolute atomic E-state index is 13.1. The number of Topliss-reactive ketones (excluding diaryl/α,β-unsaturated/α-hetero) is 1. The van der Waals surface area contributed by atoms with Crippen molar-refractivity contribution in [3.8, 4) is 0 Å². The lowest BCUT2D eigenvalue weighted by Gasteiger charge is -2.04. The summed E-state index contributed by atoms with van der Waals surface area (Å²) in [7, 11) is 1.74. The Labute approximate surface area is 142 Å². The molecule has 0 radical (unpaired) electrons. The number of fused-ring (bicyclic) bond motifs is 1. The largest absolute Gasteiger partial charge is 0.348 e. The Balaban J connectivity index is 1.65. The summed E-state index contributed by atoms with van der Waals surface area (Å²) in [4.78, 5) is 24.2. The second-order valence-corrected chi connectivity index (χ2v) is 5.61. The number of carbonyl (C=O) groups is 2. The van der Waals surface area contributed by atoms with Crippen molar-refractivity contribution in [3.63, 3.8) is 0 Å². The number of nitrogens with one attached hydrogen (secondary N) is 1. The molecule has 0 fully saturated rings. The first-order valence-corrected chi connectivity index (χ1v) is 7.61. The van der Waals surface area contributed by atoms with E-state index in [0.717, 1.165) is 17.6 Å². The second-order valence-electron chi connectivity index (χ2n) is 5.61. The van der Waals surface area contributed by atoms with Crippen LogP contribution in [-0.2, 0) is 18.3 Å². The molecule has 0 unspecified atom stereocenters. The zero-order valence-corrected chi connectivity index (χ0v) is 13.4. The fraction of sp³-hybridized carbons (Fsp3) is 0.167. The van der Waals surface area contributed by atoms with Gasteiger partial charge in [-0.25, -0.2) is 8.78 Å². The van der Waals surface area contributed by atoms with Crippen LogP contribution in [0.1, 0.15) is 16.1 Å². The third-order valence-corrected chi connectivity index (χ3v) is 3.82. The van der Waals surface area contributed by atoms with Gasteiger partial charge in [-0.15, -0.1) is 0 Å². The van der Waals surface area contributed by atoms with Gasteiger partial charge >= 0.3 is 0 Å². The zero-order chi connectivity index (χ0) is 18.0. The van der Waals surface area contributed by atoms with Crippen molar-refractivity contribution in [1.82, 2.24) is 15.1 Å². The number of ketones is 1. The fourth-order valence-corrected chi connectivity index (χ4v) is 2.58. The van der Waals surface area contributed by atoms with E-state index in [-0.39, 0.29) is 24.4 Å². The van der Waals surface area contributed by atoms with Crippen molar-refractivity contribution in [2.45, 2.75) is 6.42 Å². The van der Waals surface area contributed by atoms with Gasteiger partial charge in [-0.2, -0.15) is 5.10 Å². The molecule has 3 aromatic rings. The van der Waals surface area contributed by atoms with E-state index in [1.165, 1.54) is 6.07 Å². The predicted octanol–water partition coefficient (Wildman–Crippen LogP) is 2.39. The molecule has 25 heavy (non-hydrogen) atoms. The van der Waals surface area contributed by atoms with E-state index in [9.17, 15) is 18.4 Å². The van der Waals surface area contributed by atoms with Gasteiger partial charge in [0.05, 0.1) is 18.5 Å². The second kappa shape index (κ2) is 6.80. The molecule has 0 saturated heterocycles. The SMILES string of the molecule is Cn1nc(C(=O)CNC(=O)Cc2ccc(F)c(F)c2)c2ccccc21. The Morgan fingerprint density at radius 1 is 1.12 bits per heavy atom. The summed E-state index contributed by atoms with van der Waals surface area (Å²) in [5.41, 5.74) is 1.43. The van der Waals surface area contributed by atoms with Crippen molar-refractivity contribution < 1.29 is 18.4 Å². The lowest BCUT2D eigenvalue weighted by atomic mass is 10.1. The van der Waals surface area contributed by atoms with E-state index in [0.29, 0.717) is 10.9 Å². The lowest BCUT2D eigenvalue weighted by Crippen LogP contribution is -2.31. The number of rotatable bonds is 5. The Morgan fingerprint density at radius 2 is 1.88 bits per heavy atom. The zero-order valence-electron chi connectivity index (χ0n) is 13.4. The van der Waals surface area contributed by atoms with Gasteiger partial charge in [0.1, 0.15) is 5.69 Å². The maximum atomic E-state index is 13.1. The number of amides is 1. The summed E-state index contributed by atoms with van der Waals surface area (Å²) in [6.45, 7) is -0.219. The van der Waals surface area contributed by atoms with Crippen LogP contribution >= 0.6 is 0 Å². The van der Waals surface area contributed by atoms with Gasteiger partial charge in [-0.05, 0) is 23.8 Å². The number of aryl methyl sites for hydroxylation is 1. The van der Waals surface area contributed by atoms with Gasteiger partial charge in [0, 0.05) is 12.4 Å². The number of nitrogens with zero attached hydrogens (tertiary/aromatic N) is 2. The van der Waals surface area contributed by atoms with Crippen molar-refractivity contribution in [2.75, 3.05) is 6.54 Å². The Bertz CT molecular complexity index is 966. The minimum Gasteiger partial charge on any atom is -0.348 e. The van der Waals surface area contributed by atoms with E-state index >= 15 is 0 Å². The van der Waals surface area contributed by atoms with E-state index in [4.69, 9.17) is 0 Å². The van der Waals surface area contributed by atoms with Gasteiger partial charge in [0.2, 0.25) is 11.7 Å². The van der Waals surface area contributed by atoms with E-state index in [1.54, 1.807) is 17.8 Å². The molecule has 0 aliphatic heterocycles. The maximum Gasteiger partial charge on any atom is 0.224 e. The third-order valence-electron chi connectivity index (χ3n) is 3.82. The van der Waals surface area contributed by atoms with Gasteiger partial charge < -0.3 is 5.32 Å². The topological polar surface area (TPSA) is 64.0 Å². The number of hydrogen-bond donors (Lipinski definition) is 1. The van der Waals surface area contributed by atoms with Crippen molar-refractivity contribution in [3.05, 3.63) is 65.4 Å². The average Bonchev–Trinajstić information content (AvgIpc) is 2.93. The van der Waals surface area contributed by atoms with Crippen LogP contribution in [0.25, 0.3) is 10.9 Å². The molecule has 128 valence electrons. The Kier molecular flexibility index (Phi) is 4.56. The number of aromatic nitrogens is 2. The average molecular weight is 343 g/mol. The minimum absolute atomic E-state index is 0.145.